The van der Waals surface area contributed by atoms with E-state index >= 15 is 0 Å². The number of amides is 1. The maximum absolute atomic E-state index is 12.3. The van der Waals surface area contributed by atoms with Crippen LogP contribution >= 0.6 is 23.5 Å². The Labute approximate surface area is 166 Å². The van der Waals surface area contributed by atoms with Crippen molar-refractivity contribution in [2.45, 2.75) is 11.3 Å². The van der Waals surface area contributed by atoms with Crippen LogP contribution in [0.15, 0.2) is 59.5 Å². The first kappa shape index (κ1) is 19.1. The lowest BCUT2D eigenvalue weighted by Crippen LogP contribution is -2.14. The van der Waals surface area contributed by atoms with Gasteiger partial charge in [0, 0.05) is 33.9 Å². The first-order valence-corrected chi connectivity index (χ1v) is 9.39. The molecule has 0 aliphatic carbocycles. The first-order valence-electron chi connectivity index (χ1n) is 8.13. The molecule has 0 radical (unpaired) electrons. The van der Waals surface area contributed by atoms with Crippen molar-refractivity contribution in [3.05, 3.63) is 70.9 Å². The van der Waals surface area contributed by atoms with Gasteiger partial charge in [-0.15, -0.1) is 0 Å². The summed E-state index contributed by atoms with van der Waals surface area (Å²) in [4.78, 5) is 13.1. The van der Waals surface area contributed by atoms with Gasteiger partial charge in [0.15, 0.2) is 0 Å². The number of benzene rings is 2. The van der Waals surface area contributed by atoms with Crippen LogP contribution in [0.1, 0.15) is 11.3 Å². The van der Waals surface area contributed by atoms with Crippen LogP contribution in [0.25, 0.3) is 11.3 Å². The fourth-order valence-corrected chi connectivity index (χ4v) is 3.52. The lowest BCUT2D eigenvalue weighted by molar-refractivity contribution is -0.115. The van der Waals surface area contributed by atoms with E-state index in [9.17, 15) is 4.79 Å². The quantitative estimate of drug-likeness (QED) is 0.627. The van der Waals surface area contributed by atoms with Gasteiger partial charge in [0.05, 0.1) is 6.42 Å². The highest BCUT2D eigenvalue weighted by atomic mass is 35.5. The molecule has 3 rings (SSSR count). The van der Waals surface area contributed by atoms with Crippen molar-refractivity contribution in [2.75, 3.05) is 5.32 Å². The third-order valence-electron chi connectivity index (χ3n) is 4.21. The van der Waals surface area contributed by atoms with Gasteiger partial charge in [-0.25, -0.2) is 0 Å². The molecule has 1 amide bonds. The van der Waals surface area contributed by atoms with Gasteiger partial charge >= 0.3 is 0 Å². The maximum Gasteiger partial charge on any atom is 0.228 e. The van der Waals surface area contributed by atoms with Crippen LogP contribution in [0.3, 0.4) is 0 Å². The standard InChI is InChI=1S/C20H17ClN4OS/c1-25-15(12-22)7-9-18(25)16-8-6-14(11-19(16)27-23)24-20(26)10-13-4-2-3-5-17(13)21/h2-9,11H,10,23H2,1H3,(H,24,26). The monoisotopic (exact) mass is 396 g/mol. The van der Waals surface area contributed by atoms with Crippen molar-refractivity contribution >= 4 is 35.1 Å². The molecule has 136 valence electrons. The van der Waals surface area contributed by atoms with E-state index in [0.717, 1.165) is 33.7 Å². The summed E-state index contributed by atoms with van der Waals surface area (Å²) in [5.74, 6) is -0.158. The van der Waals surface area contributed by atoms with Crippen molar-refractivity contribution in [3.63, 3.8) is 0 Å². The Morgan fingerprint density at radius 2 is 2.04 bits per heavy atom. The third kappa shape index (κ3) is 4.17. The molecule has 5 nitrogen and oxygen atoms in total. The summed E-state index contributed by atoms with van der Waals surface area (Å²) in [6.07, 6.45) is 0.190. The molecule has 27 heavy (non-hydrogen) atoms. The minimum absolute atomic E-state index is 0.158. The smallest absolute Gasteiger partial charge is 0.228 e. The van der Waals surface area contributed by atoms with Crippen molar-refractivity contribution in [1.82, 2.24) is 4.57 Å². The normalized spacial score (nSPS) is 10.4. The molecular weight excluding hydrogens is 380 g/mol. The average Bonchev–Trinajstić information content (AvgIpc) is 3.04. The van der Waals surface area contributed by atoms with Gasteiger partial charge in [-0.2, -0.15) is 5.26 Å². The van der Waals surface area contributed by atoms with Gasteiger partial charge < -0.3 is 9.88 Å². The molecule has 1 aromatic heterocycles. The molecule has 0 aliphatic rings. The summed E-state index contributed by atoms with van der Waals surface area (Å²) in [7, 11) is 1.83. The fraction of sp³-hybridized carbons (Fsp3) is 0.100. The topological polar surface area (TPSA) is 83.8 Å². The Bertz CT molecular complexity index is 1040. The lowest BCUT2D eigenvalue weighted by Gasteiger charge is -2.12. The number of carbonyl (C=O) groups excluding carboxylic acids is 1. The van der Waals surface area contributed by atoms with Crippen molar-refractivity contribution < 1.29 is 4.79 Å². The number of nitrogens with one attached hydrogen (secondary N) is 1. The molecule has 0 fully saturated rings. The summed E-state index contributed by atoms with van der Waals surface area (Å²) in [6.45, 7) is 0. The van der Waals surface area contributed by atoms with Gasteiger partial charge in [0.25, 0.3) is 0 Å². The van der Waals surface area contributed by atoms with Gasteiger partial charge in [0.1, 0.15) is 11.8 Å². The molecule has 0 spiro atoms. The molecule has 0 bridgehead atoms. The second-order valence-electron chi connectivity index (χ2n) is 5.92. The highest BCUT2D eigenvalue weighted by Crippen LogP contribution is 2.32. The molecule has 0 unspecified atom stereocenters. The lowest BCUT2D eigenvalue weighted by atomic mass is 10.1. The minimum atomic E-state index is -0.158. The van der Waals surface area contributed by atoms with Gasteiger partial charge in [-0.1, -0.05) is 29.8 Å². The van der Waals surface area contributed by atoms with Crippen LogP contribution in [0.2, 0.25) is 5.02 Å². The predicted octanol–water partition coefficient (Wildman–Crippen LogP) is 4.36. The second-order valence-corrected chi connectivity index (χ2v) is 7.00. The Hall–Kier alpha value is -2.72. The number of nitrogens with two attached hydrogens (primary N) is 1. The largest absolute Gasteiger partial charge is 0.335 e. The molecular formula is C20H17ClN4OS. The van der Waals surface area contributed by atoms with E-state index in [1.807, 2.05) is 54.1 Å². The number of nitrogens with zero attached hydrogens (tertiary/aromatic N) is 2. The van der Waals surface area contributed by atoms with Gasteiger partial charge in [0.2, 0.25) is 5.91 Å². The van der Waals surface area contributed by atoms with E-state index in [-0.39, 0.29) is 12.3 Å². The predicted molar refractivity (Wildman–Crippen MR) is 109 cm³/mol. The Kier molecular flexibility index (Phi) is 5.87. The van der Waals surface area contributed by atoms with Crippen LogP contribution in [-0.4, -0.2) is 10.5 Å². The zero-order chi connectivity index (χ0) is 19.4. The SMILES string of the molecule is Cn1c(C#N)ccc1-c1ccc(NC(=O)Cc2ccccc2Cl)cc1SN. The zero-order valence-electron chi connectivity index (χ0n) is 14.6. The number of aromatic nitrogens is 1. The number of hydrogen-bond donors (Lipinski definition) is 2. The molecule has 0 atom stereocenters. The maximum atomic E-state index is 12.3. The number of rotatable bonds is 5. The van der Waals surface area contributed by atoms with Crippen LogP contribution in [0.4, 0.5) is 5.69 Å². The average molecular weight is 397 g/mol. The first-order chi connectivity index (χ1) is 13.0. The van der Waals surface area contributed by atoms with E-state index in [1.54, 1.807) is 12.1 Å². The van der Waals surface area contributed by atoms with E-state index in [1.165, 1.54) is 0 Å². The van der Waals surface area contributed by atoms with Crippen LogP contribution in [-0.2, 0) is 18.3 Å². The molecule has 7 heteroatoms. The summed E-state index contributed by atoms with van der Waals surface area (Å²) < 4.78 is 1.81. The van der Waals surface area contributed by atoms with E-state index in [2.05, 4.69) is 11.4 Å². The summed E-state index contributed by atoms with van der Waals surface area (Å²) in [6, 6.07) is 18.6. The summed E-state index contributed by atoms with van der Waals surface area (Å²) in [5.41, 5.74) is 3.77. The Morgan fingerprint density at radius 1 is 1.26 bits per heavy atom. The second kappa shape index (κ2) is 8.31. The highest BCUT2D eigenvalue weighted by molar-refractivity contribution is 7.97. The molecule has 3 N–H and O–H groups in total. The van der Waals surface area contributed by atoms with Crippen molar-refractivity contribution in [3.8, 4) is 17.3 Å². The number of hydrogen-bond acceptors (Lipinski definition) is 4. The minimum Gasteiger partial charge on any atom is -0.335 e. The van der Waals surface area contributed by atoms with E-state index < -0.39 is 0 Å². The van der Waals surface area contributed by atoms with Gasteiger partial charge in [-0.05, 0) is 53.9 Å². The molecule has 1 heterocycles. The van der Waals surface area contributed by atoms with Crippen molar-refractivity contribution in [1.29, 1.82) is 5.26 Å². The van der Waals surface area contributed by atoms with Crippen molar-refractivity contribution in [2.24, 2.45) is 12.2 Å². The van der Waals surface area contributed by atoms with Crippen LogP contribution in [0, 0.1) is 11.3 Å². The van der Waals surface area contributed by atoms with E-state index in [4.69, 9.17) is 22.0 Å². The van der Waals surface area contributed by atoms with Crippen LogP contribution < -0.4 is 10.5 Å². The molecule has 3 aromatic rings. The number of carbonyl (C=O) groups is 1. The Balaban J connectivity index is 1.82. The summed E-state index contributed by atoms with van der Waals surface area (Å²) in [5, 5.41) is 18.4. The highest BCUT2D eigenvalue weighted by Gasteiger charge is 2.13. The number of anilines is 1. The third-order valence-corrected chi connectivity index (χ3v) is 5.17. The summed E-state index contributed by atoms with van der Waals surface area (Å²) >= 11 is 7.21. The number of halogens is 1. The molecule has 0 saturated carbocycles. The zero-order valence-corrected chi connectivity index (χ0v) is 16.1. The fourth-order valence-electron chi connectivity index (χ4n) is 2.82. The molecule has 0 saturated heterocycles. The molecule has 0 aliphatic heterocycles. The van der Waals surface area contributed by atoms with Crippen LogP contribution in [0.5, 0.6) is 0 Å². The molecule has 2 aromatic carbocycles. The number of nitriles is 1. The van der Waals surface area contributed by atoms with Gasteiger partial charge in [-0.3, -0.25) is 9.93 Å². The van der Waals surface area contributed by atoms with E-state index in [0.29, 0.717) is 16.4 Å². The Morgan fingerprint density at radius 3 is 2.70 bits per heavy atom.